The molecule has 6 heteroatoms. The lowest BCUT2D eigenvalue weighted by Gasteiger charge is -2.38. The van der Waals surface area contributed by atoms with Gasteiger partial charge in [-0.25, -0.2) is 4.98 Å². The third-order valence-electron chi connectivity index (χ3n) is 5.56. The van der Waals surface area contributed by atoms with Crippen LogP contribution in [0.5, 0.6) is 0 Å². The first-order chi connectivity index (χ1) is 12.5. The highest BCUT2D eigenvalue weighted by Gasteiger charge is 2.45. The zero-order valence-corrected chi connectivity index (χ0v) is 15.8. The van der Waals surface area contributed by atoms with Crippen molar-refractivity contribution in [2.45, 2.75) is 32.7 Å². The van der Waals surface area contributed by atoms with Gasteiger partial charge < -0.3 is 9.80 Å². The van der Waals surface area contributed by atoms with Crippen LogP contribution in [0.2, 0.25) is 0 Å². The van der Waals surface area contributed by atoms with Crippen LogP contribution < -0.4 is 0 Å². The van der Waals surface area contributed by atoms with Crippen molar-refractivity contribution in [2.24, 2.45) is 5.41 Å². The predicted octanol–water partition coefficient (Wildman–Crippen LogP) is 3.11. The largest absolute Gasteiger partial charge is 0.338 e. The normalized spacial score (nSPS) is 19.3. The molecule has 2 aliphatic rings. The Morgan fingerprint density at radius 3 is 2.62 bits per heavy atom. The monoisotopic (exact) mass is 369 g/mol. The molecule has 0 atom stereocenters. The molecule has 3 heterocycles. The van der Waals surface area contributed by atoms with Crippen LogP contribution in [-0.4, -0.2) is 46.2 Å². The Balaban J connectivity index is 1.38. The minimum absolute atomic E-state index is 0.0340. The lowest BCUT2D eigenvalue weighted by atomic mass is 9.77. The van der Waals surface area contributed by atoms with Gasteiger partial charge in [-0.2, -0.15) is 0 Å². The minimum Gasteiger partial charge on any atom is -0.338 e. The standard InChI is InChI=1S/C20H23N3O2S/c1-15-21-12-17(26-15)19(25)22-9-7-20(8-10-22)11-18(24)23(14-20)13-16-5-3-2-4-6-16/h2-6,12H,7-11,13-14H2,1H3. The highest BCUT2D eigenvalue weighted by atomic mass is 32.1. The van der Waals surface area contributed by atoms with Crippen LogP contribution in [0.3, 0.4) is 0 Å². The molecule has 0 saturated carbocycles. The molecule has 1 aromatic heterocycles. The summed E-state index contributed by atoms with van der Waals surface area (Å²) in [5, 5.41) is 0.916. The number of amides is 2. The Morgan fingerprint density at radius 2 is 1.96 bits per heavy atom. The van der Waals surface area contributed by atoms with Gasteiger partial charge in [0.05, 0.1) is 11.2 Å². The molecule has 0 radical (unpaired) electrons. The summed E-state index contributed by atoms with van der Waals surface area (Å²) in [6.07, 6.45) is 4.08. The lowest BCUT2D eigenvalue weighted by molar-refractivity contribution is -0.128. The Hall–Kier alpha value is -2.21. The van der Waals surface area contributed by atoms with E-state index in [0.717, 1.165) is 37.5 Å². The van der Waals surface area contributed by atoms with Gasteiger partial charge in [0.25, 0.3) is 5.91 Å². The molecule has 5 nitrogen and oxygen atoms in total. The number of hydrogen-bond acceptors (Lipinski definition) is 4. The zero-order chi connectivity index (χ0) is 18.1. The molecule has 0 N–H and O–H groups in total. The molecular formula is C20H23N3O2S. The molecule has 1 aromatic carbocycles. The van der Waals surface area contributed by atoms with E-state index in [-0.39, 0.29) is 17.2 Å². The van der Waals surface area contributed by atoms with Gasteiger partial charge in [-0.3, -0.25) is 9.59 Å². The number of aromatic nitrogens is 1. The lowest BCUT2D eigenvalue weighted by Crippen LogP contribution is -2.44. The number of nitrogens with zero attached hydrogens (tertiary/aromatic N) is 3. The van der Waals surface area contributed by atoms with E-state index in [1.54, 1.807) is 6.20 Å². The number of aryl methyl sites for hydroxylation is 1. The van der Waals surface area contributed by atoms with Gasteiger partial charge in [-0.1, -0.05) is 30.3 Å². The Morgan fingerprint density at radius 1 is 1.23 bits per heavy atom. The van der Waals surface area contributed by atoms with Gasteiger partial charge in [-0.15, -0.1) is 11.3 Å². The molecule has 2 amide bonds. The quantitative estimate of drug-likeness (QED) is 0.835. The number of benzene rings is 1. The summed E-state index contributed by atoms with van der Waals surface area (Å²) in [4.78, 5) is 33.9. The molecule has 26 heavy (non-hydrogen) atoms. The molecule has 0 bridgehead atoms. The fourth-order valence-electron chi connectivity index (χ4n) is 4.06. The summed E-state index contributed by atoms with van der Waals surface area (Å²) >= 11 is 1.45. The minimum atomic E-state index is 0.0340. The van der Waals surface area contributed by atoms with Crippen molar-refractivity contribution in [3.05, 3.63) is 52.0 Å². The van der Waals surface area contributed by atoms with Crippen LogP contribution >= 0.6 is 11.3 Å². The number of likely N-dealkylation sites (tertiary alicyclic amines) is 2. The van der Waals surface area contributed by atoms with E-state index in [4.69, 9.17) is 0 Å². The summed E-state index contributed by atoms with van der Waals surface area (Å²) in [6.45, 7) is 4.86. The van der Waals surface area contributed by atoms with Gasteiger partial charge in [-0.05, 0) is 25.3 Å². The SMILES string of the molecule is Cc1ncc(C(=O)N2CCC3(CC2)CC(=O)N(Cc2ccccc2)C3)s1. The van der Waals surface area contributed by atoms with Gasteiger partial charge in [0.1, 0.15) is 4.88 Å². The van der Waals surface area contributed by atoms with Gasteiger partial charge in [0, 0.05) is 38.0 Å². The fraction of sp³-hybridized carbons (Fsp3) is 0.450. The van der Waals surface area contributed by atoms with Gasteiger partial charge >= 0.3 is 0 Å². The number of thiazole rings is 1. The number of carbonyl (C=O) groups excluding carboxylic acids is 2. The summed E-state index contributed by atoms with van der Waals surface area (Å²) in [5.41, 5.74) is 1.21. The van der Waals surface area contributed by atoms with Crippen molar-refractivity contribution in [3.63, 3.8) is 0 Å². The van der Waals surface area contributed by atoms with E-state index < -0.39 is 0 Å². The maximum Gasteiger partial charge on any atom is 0.265 e. The second-order valence-electron chi connectivity index (χ2n) is 7.45. The van der Waals surface area contributed by atoms with E-state index in [1.165, 1.54) is 16.9 Å². The van der Waals surface area contributed by atoms with Crippen molar-refractivity contribution in [3.8, 4) is 0 Å². The topological polar surface area (TPSA) is 53.5 Å². The second-order valence-corrected chi connectivity index (χ2v) is 8.68. The third kappa shape index (κ3) is 3.38. The third-order valence-corrected chi connectivity index (χ3v) is 6.47. The molecule has 2 aromatic rings. The van der Waals surface area contributed by atoms with Crippen LogP contribution in [0.25, 0.3) is 0 Å². The molecular weight excluding hydrogens is 346 g/mol. The first-order valence-electron chi connectivity index (χ1n) is 9.08. The highest BCUT2D eigenvalue weighted by Crippen LogP contribution is 2.41. The van der Waals surface area contributed by atoms with E-state index in [2.05, 4.69) is 17.1 Å². The van der Waals surface area contributed by atoms with Crippen LogP contribution in [-0.2, 0) is 11.3 Å². The van der Waals surface area contributed by atoms with Crippen molar-refractivity contribution in [1.29, 1.82) is 0 Å². The summed E-state index contributed by atoms with van der Waals surface area (Å²) in [7, 11) is 0. The van der Waals surface area contributed by atoms with Crippen molar-refractivity contribution in [1.82, 2.24) is 14.8 Å². The highest BCUT2D eigenvalue weighted by molar-refractivity contribution is 7.13. The van der Waals surface area contributed by atoms with Gasteiger partial charge in [0.15, 0.2) is 0 Å². The van der Waals surface area contributed by atoms with Crippen molar-refractivity contribution in [2.75, 3.05) is 19.6 Å². The molecule has 0 unspecified atom stereocenters. The average Bonchev–Trinajstić information content (AvgIpc) is 3.20. The van der Waals surface area contributed by atoms with Crippen molar-refractivity contribution >= 4 is 23.2 Å². The molecule has 2 fully saturated rings. The van der Waals surface area contributed by atoms with E-state index >= 15 is 0 Å². The number of rotatable bonds is 3. The maximum atomic E-state index is 12.6. The molecule has 136 valence electrons. The Labute approximate surface area is 157 Å². The molecule has 1 spiro atoms. The van der Waals surface area contributed by atoms with E-state index in [9.17, 15) is 9.59 Å². The van der Waals surface area contributed by atoms with Gasteiger partial charge in [0.2, 0.25) is 5.91 Å². The molecule has 2 saturated heterocycles. The first-order valence-corrected chi connectivity index (χ1v) is 9.90. The summed E-state index contributed by atoms with van der Waals surface area (Å²) in [6, 6.07) is 10.1. The van der Waals surface area contributed by atoms with E-state index in [0.29, 0.717) is 17.8 Å². The van der Waals surface area contributed by atoms with Crippen molar-refractivity contribution < 1.29 is 9.59 Å². The number of carbonyl (C=O) groups is 2. The average molecular weight is 369 g/mol. The van der Waals surface area contributed by atoms with Crippen LogP contribution in [0.15, 0.2) is 36.5 Å². The number of piperidine rings is 1. The Bertz CT molecular complexity index is 809. The van der Waals surface area contributed by atoms with Crippen LogP contribution in [0, 0.1) is 12.3 Å². The fourth-order valence-corrected chi connectivity index (χ4v) is 4.81. The zero-order valence-electron chi connectivity index (χ0n) is 15.0. The van der Waals surface area contributed by atoms with Crippen LogP contribution in [0.4, 0.5) is 0 Å². The van der Waals surface area contributed by atoms with Crippen LogP contribution in [0.1, 0.15) is 39.5 Å². The maximum absolute atomic E-state index is 12.6. The summed E-state index contributed by atoms with van der Waals surface area (Å²) in [5.74, 6) is 0.322. The Kier molecular flexibility index (Phi) is 4.53. The first kappa shape index (κ1) is 17.2. The predicted molar refractivity (Wildman–Crippen MR) is 101 cm³/mol. The molecule has 0 aliphatic carbocycles. The molecule has 4 rings (SSSR count). The summed E-state index contributed by atoms with van der Waals surface area (Å²) < 4.78 is 0. The second kappa shape index (κ2) is 6.83. The van der Waals surface area contributed by atoms with E-state index in [1.807, 2.05) is 34.9 Å². The smallest absolute Gasteiger partial charge is 0.265 e. The molecule has 2 aliphatic heterocycles. The number of hydrogen-bond donors (Lipinski definition) is 0.